The molecule has 1 fully saturated rings. The summed E-state index contributed by atoms with van der Waals surface area (Å²) < 4.78 is 5.38. The predicted molar refractivity (Wildman–Crippen MR) is 139 cm³/mol. The van der Waals surface area contributed by atoms with Crippen molar-refractivity contribution in [1.29, 1.82) is 0 Å². The Morgan fingerprint density at radius 1 is 0.919 bits per heavy atom. The number of aliphatic hydroxyl groups is 1. The lowest BCUT2D eigenvalue weighted by Crippen LogP contribution is -2.29. The van der Waals surface area contributed by atoms with Gasteiger partial charge in [0.1, 0.15) is 11.5 Å². The molecule has 1 aliphatic heterocycles. The molecular formula is C30H29NO6. The van der Waals surface area contributed by atoms with Crippen LogP contribution in [0.5, 0.6) is 5.75 Å². The largest absolute Gasteiger partial charge is 0.507 e. The number of aromatic carboxylic acids is 1. The van der Waals surface area contributed by atoms with Crippen molar-refractivity contribution in [3.63, 3.8) is 0 Å². The first kappa shape index (κ1) is 25.7. The molecule has 1 amide bonds. The quantitative estimate of drug-likeness (QED) is 0.271. The predicted octanol–water partition coefficient (Wildman–Crippen LogP) is 5.31. The molecule has 0 spiro atoms. The van der Waals surface area contributed by atoms with Crippen molar-refractivity contribution < 1.29 is 29.3 Å². The molecule has 0 aliphatic carbocycles. The summed E-state index contributed by atoms with van der Waals surface area (Å²) in [6, 6.07) is 19.7. The van der Waals surface area contributed by atoms with Crippen LogP contribution in [0.1, 0.15) is 59.4 Å². The maximum Gasteiger partial charge on any atom is 0.335 e. The molecule has 4 rings (SSSR count). The van der Waals surface area contributed by atoms with E-state index in [1.165, 1.54) is 24.1 Å². The van der Waals surface area contributed by atoms with Crippen molar-refractivity contribution in [3.05, 3.63) is 106 Å². The summed E-state index contributed by atoms with van der Waals surface area (Å²) in [4.78, 5) is 39.3. The molecule has 1 heterocycles. The van der Waals surface area contributed by atoms with Gasteiger partial charge in [-0.05, 0) is 46.4 Å². The van der Waals surface area contributed by atoms with Crippen molar-refractivity contribution >= 4 is 23.4 Å². The lowest BCUT2D eigenvalue weighted by atomic mass is 9.85. The van der Waals surface area contributed by atoms with E-state index in [2.05, 4.69) is 20.8 Å². The van der Waals surface area contributed by atoms with Crippen LogP contribution in [0.25, 0.3) is 5.76 Å². The van der Waals surface area contributed by atoms with Crippen LogP contribution in [-0.2, 0) is 21.5 Å². The Kier molecular flexibility index (Phi) is 6.90. The van der Waals surface area contributed by atoms with Gasteiger partial charge < -0.3 is 19.8 Å². The van der Waals surface area contributed by atoms with E-state index >= 15 is 0 Å². The number of amides is 1. The summed E-state index contributed by atoms with van der Waals surface area (Å²) >= 11 is 0. The fraction of sp³-hybridized carbons (Fsp3) is 0.233. The van der Waals surface area contributed by atoms with E-state index in [0.717, 1.165) is 5.56 Å². The number of carboxylic acids is 1. The van der Waals surface area contributed by atoms with E-state index in [0.29, 0.717) is 22.4 Å². The van der Waals surface area contributed by atoms with E-state index in [1.807, 2.05) is 24.3 Å². The van der Waals surface area contributed by atoms with Gasteiger partial charge >= 0.3 is 5.97 Å². The minimum atomic E-state index is -1.05. The minimum absolute atomic E-state index is 0.0276. The molecule has 1 aliphatic rings. The molecule has 0 radical (unpaired) electrons. The maximum absolute atomic E-state index is 13.3. The second-order valence-corrected chi connectivity index (χ2v) is 10.0. The molecule has 2 N–H and O–H groups in total. The second kappa shape index (κ2) is 9.93. The number of carbonyl (C=O) groups is 3. The molecule has 190 valence electrons. The summed E-state index contributed by atoms with van der Waals surface area (Å²) in [5.41, 5.74) is 2.72. The van der Waals surface area contributed by atoms with E-state index in [4.69, 9.17) is 4.74 Å². The van der Waals surface area contributed by atoms with Gasteiger partial charge in [0, 0.05) is 6.54 Å². The van der Waals surface area contributed by atoms with Gasteiger partial charge in [0.05, 0.1) is 29.9 Å². The summed E-state index contributed by atoms with van der Waals surface area (Å²) in [5, 5.41) is 20.6. The highest BCUT2D eigenvalue weighted by molar-refractivity contribution is 6.46. The molecule has 0 bridgehead atoms. The Balaban J connectivity index is 1.85. The lowest BCUT2D eigenvalue weighted by Gasteiger charge is -2.27. The van der Waals surface area contributed by atoms with Gasteiger partial charge in [0.15, 0.2) is 0 Å². The first-order valence-corrected chi connectivity index (χ1v) is 11.9. The standard InChI is InChI=1S/C30H29NO6/c1-30(2,3)21-15-13-19(14-16-21)25-24(26(32)22-7-5-6-8-23(22)37-4)27(33)28(34)31(25)17-18-9-11-20(12-10-18)29(35)36/h5-16,25,32H,17H2,1-4H3,(H,35,36)/b26-24+. The van der Waals surface area contributed by atoms with Crippen LogP contribution in [0.3, 0.4) is 0 Å². The number of Topliss-reactive ketones (excluding diaryl/α,β-unsaturated/α-hetero) is 1. The molecule has 3 aromatic carbocycles. The molecule has 3 aromatic rings. The van der Waals surface area contributed by atoms with Gasteiger partial charge in [0.25, 0.3) is 11.7 Å². The van der Waals surface area contributed by atoms with Gasteiger partial charge in [-0.1, -0.05) is 69.3 Å². The zero-order valence-electron chi connectivity index (χ0n) is 21.2. The number of nitrogens with zero attached hydrogens (tertiary/aromatic N) is 1. The van der Waals surface area contributed by atoms with Gasteiger partial charge in [0.2, 0.25) is 0 Å². The van der Waals surface area contributed by atoms with Crippen LogP contribution in [0, 0.1) is 0 Å². The number of aliphatic hydroxyl groups excluding tert-OH is 1. The first-order valence-electron chi connectivity index (χ1n) is 11.9. The number of ether oxygens (including phenoxy) is 1. The Morgan fingerprint density at radius 3 is 2.11 bits per heavy atom. The third-order valence-electron chi connectivity index (χ3n) is 6.55. The van der Waals surface area contributed by atoms with Crippen LogP contribution in [0.4, 0.5) is 0 Å². The molecule has 0 saturated carbocycles. The van der Waals surface area contributed by atoms with Gasteiger partial charge in [-0.3, -0.25) is 9.59 Å². The highest BCUT2D eigenvalue weighted by Crippen LogP contribution is 2.42. The fourth-order valence-electron chi connectivity index (χ4n) is 4.49. The Bertz CT molecular complexity index is 1380. The van der Waals surface area contributed by atoms with E-state index < -0.39 is 23.7 Å². The average molecular weight is 500 g/mol. The Labute approximate surface area is 215 Å². The summed E-state index contributed by atoms with van der Waals surface area (Å²) in [5.74, 6) is -2.54. The number of benzene rings is 3. The molecule has 1 atom stereocenters. The Hall–Kier alpha value is -4.39. The van der Waals surface area contributed by atoms with E-state index in [1.54, 1.807) is 36.4 Å². The topological polar surface area (TPSA) is 104 Å². The van der Waals surface area contributed by atoms with Gasteiger partial charge in [-0.2, -0.15) is 0 Å². The van der Waals surface area contributed by atoms with E-state index in [9.17, 15) is 24.6 Å². The van der Waals surface area contributed by atoms with Crippen molar-refractivity contribution in [2.45, 2.75) is 38.8 Å². The highest BCUT2D eigenvalue weighted by atomic mass is 16.5. The fourth-order valence-corrected chi connectivity index (χ4v) is 4.49. The third kappa shape index (κ3) is 4.98. The Morgan fingerprint density at radius 2 is 1.54 bits per heavy atom. The van der Waals surface area contributed by atoms with Crippen LogP contribution in [0.15, 0.2) is 78.4 Å². The smallest absolute Gasteiger partial charge is 0.335 e. The molecular weight excluding hydrogens is 470 g/mol. The number of ketones is 1. The van der Waals surface area contributed by atoms with Gasteiger partial charge in [-0.25, -0.2) is 4.79 Å². The number of likely N-dealkylation sites (tertiary alicyclic amines) is 1. The molecule has 7 heteroatoms. The minimum Gasteiger partial charge on any atom is -0.507 e. The number of carboxylic acid groups (broad SMARTS) is 1. The molecule has 37 heavy (non-hydrogen) atoms. The first-order chi connectivity index (χ1) is 17.5. The van der Waals surface area contributed by atoms with Crippen LogP contribution in [-0.4, -0.2) is 39.9 Å². The van der Waals surface area contributed by atoms with Crippen molar-refractivity contribution in [3.8, 4) is 5.75 Å². The normalized spacial score (nSPS) is 17.2. The van der Waals surface area contributed by atoms with Crippen molar-refractivity contribution in [2.75, 3.05) is 7.11 Å². The summed E-state index contributed by atoms with van der Waals surface area (Å²) in [6.07, 6.45) is 0. The number of methoxy groups -OCH3 is 1. The monoisotopic (exact) mass is 499 g/mol. The zero-order chi connectivity index (χ0) is 26.9. The molecule has 7 nitrogen and oxygen atoms in total. The summed E-state index contributed by atoms with van der Waals surface area (Å²) in [7, 11) is 1.47. The lowest BCUT2D eigenvalue weighted by molar-refractivity contribution is -0.140. The summed E-state index contributed by atoms with van der Waals surface area (Å²) in [6.45, 7) is 6.34. The number of hydrogen-bond donors (Lipinski definition) is 2. The van der Waals surface area contributed by atoms with Crippen molar-refractivity contribution in [1.82, 2.24) is 4.90 Å². The van der Waals surface area contributed by atoms with Crippen LogP contribution < -0.4 is 4.74 Å². The highest BCUT2D eigenvalue weighted by Gasteiger charge is 2.46. The van der Waals surface area contributed by atoms with Crippen LogP contribution >= 0.6 is 0 Å². The van der Waals surface area contributed by atoms with Crippen molar-refractivity contribution in [2.24, 2.45) is 0 Å². The number of para-hydroxylation sites is 1. The van der Waals surface area contributed by atoms with Gasteiger partial charge in [-0.15, -0.1) is 0 Å². The number of carbonyl (C=O) groups excluding carboxylic acids is 2. The number of rotatable bonds is 6. The average Bonchev–Trinajstić information content (AvgIpc) is 3.13. The molecule has 1 unspecified atom stereocenters. The second-order valence-electron chi connectivity index (χ2n) is 10.0. The zero-order valence-corrected chi connectivity index (χ0v) is 21.2. The molecule has 0 aromatic heterocycles. The maximum atomic E-state index is 13.3. The number of hydrogen-bond acceptors (Lipinski definition) is 5. The van der Waals surface area contributed by atoms with E-state index in [-0.39, 0.29) is 28.9 Å². The third-order valence-corrected chi connectivity index (χ3v) is 6.55. The SMILES string of the molecule is COc1ccccc1/C(O)=C1\C(=O)C(=O)N(Cc2ccc(C(=O)O)cc2)C1c1ccc(C(C)(C)C)cc1. The van der Waals surface area contributed by atoms with Crippen LogP contribution in [0.2, 0.25) is 0 Å². The molecule has 1 saturated heterocycles.